The van der Waals surface area contributed by atoms with Crippen molar-refractivity contribution in [2.45, 2.75) is 17.8 Å². The number of ether oxygens (including phenoxy) is 1. The van der Waals surface area contributed by atoms with E-state index in [2.05, 4.69) is 0 Å². The number of carbonyl (C=O) groups excluding carboxylic acids is 1. The van der Waals surface area contributed by atoms with E-state index in [0.29, 0.717) is 6.54 Å². The van der Waals surface area contributed by atoms with Crippen LogP contribution in [0.15, 0.2) is 11.4 Å². The number of aryl methyl sites for hydroxylation is 1. The van der Waals surface area contributed by atoms with Crippen LogP contribution >= 0.6 is 23.1 Å². The van der Waals surface area contributed by atoms with Crippen molar-refractivity contribution < 1.29 is 19.4 Å². The number of thiophene rings is 1. The van der Waals surface area contributed by atoms with E-state index >= 15 is 0 Å². The number of carboxylic acids is 1. The van der Waals surface area contributed by atoms with Gasteiger partial charge in [0.2, 0.25) is 5.91 Å². The van der Waals surface area contributed by atoms with Crippen molar-refractivity contribution >= 4 is 35.0 Å². The molecule has 1 aromatic heterocycles. The fourth-order valence-electron chi connectivity index (χ4n) is 2.52. The number of hydrogen-bond acceptors (Lipinski definition) is 5. The molecule has 5 nitrogen and oxygen atoms in total. The molecule has 1 fully saturated rings. The normalized spacial score (nSPS) is 26.1. The molecule has 2 atom stereocenters. The molecule has 0 aromatic carbocycles. The van der Waals surface area contributed by atoms with Gasteiger partial charge in [-0.2, -0.15) is 0 Å². The van der Waals surface area contributed by atoms with Gasteiger partial charge < -0.3 is 14.7 Å². The van der Waals surface area contributed by atoms with Gasteiger partial charge in [-0.05, 0) is 29.2 Å². The number of morpholine rings is 1. The second-order valence-electron chi connectivity index (χ2n) is 4.78. The highest BCUT2D eigenvalue weighted by Gasteiger charge is 2.35. The average molecular weight is 313 g/mol. The molecule has 3 rings (SSSR count). The Bertz CT molecular complexity index is 530. The molecule has 0 radical (unpaired) electrons. The zero-order valence-corrected chi connectivity index (χ0v) is 12.4. The predicted octanol–water partition coefficient (Wildman–Crippen LogP) is 1.39. The minimum absolute atomic E-state index is 0.0175. The van der Waals surface area contributed by atoms with Gasteiger partial charge in [-0.25, -0.2) is 4.79 Å². The van der Waals surface area contributed by atoms with Gasteiger partial charge in [0.05, 0.1) is 13.2 Å². The number of carboxylic acid groups (broad SMARTS) is 1. The maximum absolute atomic E-state index is 12.6. The first kappa shape index (κ1) is 13.9. The Morgan fingerprint density at radius 3 is 3.10 bits per heavy atom. The molecule has 1 saturated heterocycles. The van der Waals surface area contributed by atoms with Crippen LogP contribution in [0.2, 0.25) is 0 Å². The molecule has 2 aliphatic rings. The van der Waals surface area contributed by atoms with E-state index in [0.717, 1.165) is 17.7 Å². The summed E-state index contributed by atoms with van der Waals surface area (Å²) >= 11 is 3.34. The Morgan fingerprint density at radius 1 is 1.45 bits per heavy atom. The summed E-state index contributed by atoms with van der Waals surface area (Å²) in [4.78, 5) is 26.5. The fourth-order valence-corrected chi connectivity index (χ4v) is 4.89. The quantitative estimate of drug-likeness (QED) is 0.894. The van der Waals surface area contributed by atoms with E-state index in [-0.39, 0.29) is 24.3 Å². The van der Waals surface area contributed by atoms with Gasteiger partial charge in [0, 0.05) is 11.4 Å². The lowest BCUT2D eigenvalue weighted by Gasteiger charge is -2.34. The molecule has 3 heterocycles. The number of hydrogen-bond donors (Lipinski definition) is 1. The standard InChI is InChI=1S/C13H15NO4S2/c15-12(14-3-4-18-9(7-14)13(16)17)11-8-1-5-19-10(8)2-6-20-11/h1,5,9,11H,2-4,6-7H2,(H,16,17). The molecular weight excluding hydrogens is 298 g/mol. The average Bonchev–Trinajstić information content (AvgIpc) is 2.95. The smallest absolute Gasteiger partial charge is 0.334 e. The Kier molecular flexibility index (Phi) is 4.00. The summed E-state index contributed by atoms with van der Waals surface area (Å²) in [6.45, 7) is 0.903. The van der Waals surface area contributed by atoms with Gasteiger partial charge in [-0.1, -0.05) is 0 Å². The van der Waals surface area contributed by atoms with E-state index < -0.39 is 12.1 Å². The lowest BCUT2D eigenvalue weighted by Crippen LogP contribution is -2.49. The third-order valence-electron chi connectivity index (χ3n) is 3.55. The van der Waals surface area contributed by atoms with E-state index in [1.807, 2.05) is 11.4 Å². The van der Waals surface area contributed by atoms with Crippen LogP contribution in [0, 0.1) is 0 Å². The van der Waals surface area contributed by atoms with E-state index in [9.17, 15) is 9.59 Å². The molecule has 0 saturated carbocycles. The van der Waals surface area contributed by atoms with Crippen LogP contribution in [0.3, 0.4) is 0 Å². The van der Waals surface area contributed by atoms with Crippen molar-refractivity contribution in [1.29, 1.82) is 0 Å². The largest absolute Gasteiger partial charge is 0.479 e. The second kappa shape index (κ2) is 5.75. The molecular formula is C13H15NO4S2. The summed E-state index contributed by atoms with van der Waals surface area (Å²) in [7, 11) is 0. The fraction of sp³-hybridized carbons (Fsp3) is 0.538. The third-order valence-corrected chi connectivity index (χ3v) is 5.78. The van der Waals surface area contributed by atoms with Crippen LogP contribution in [0.5, 0.6) is 0 Å². The Morgan fingerprint density at radius 2 is 2.30 bits per heavy atom. The van der Waals surface area contributed by atoms with Crippen LogP contribution in [0.1, 0.15) is 15.7 Å². The predicted molar refractivity (Wildman–Crippen MR) is 77.2 cm³/mol. The Balaban J connectivity index is 1.75. The van der Waals surface area contributed by atoms with Gasteiger partial charge in [0.25, 0.3) is 0 Å². The van der Waals surface area contributed by atoms with Gasteiger partial charge in [-0.15, -0.1) is 23.1 Å². The van der Waals surface area contributed by atoms with Crippen molar-refractivity contribution in [2.24, 2.45) is 0 Å². The van der Waals surface area contributed by atoms with Crippen molar-refractivity contribution in [3.63, 3.8) is 0 Å². The van der Waals surface area contributed by atoms with Crippen molar-refractivity contribution in [2.75, 3.05) is 25.4 Å². The molecule has 0 aliphatic carbocycles. The molecule has 1 N–H and O–H groups in total. The van der Waals surface area contributed by atoms with E-state index in [1.54, 1.807) is 28.0 Å². The summed E-state index contributed by atoms with van der Waals surface area (Å²) in [5.41, 5.74) is 1.11. The molecule has 20 heavy (non-hydrogen) atoms. The maximum atomic E-state index is 12.6. The minimum atomic E-state index is -1.00. The minimum Gasteiger partial charge on any atom is -0.479 e. The molecule has 108 valence electrons. The number of thioether (sulfide) groups is 1. The maximum Gasteiger partial charge on any atom is 0.334 e. The number of nitrogens with zero attached hydrogens (tertiary/aromatic N) is 1. The van der Waals surface area contributed by atoms with Gasteiger partial charge in [0.1, 0.15) is 5.25 Å². The molecule has 1 aromatic rings. The van der Waals surface area contributed by atoms with Crippen LogP contribution in [-0.4, -0.2) is 53.4 Å². The number of carbonyl (C=O) groups is 2. The number of rotatable bonds is 2. The Hall–Kier alpha value is -1.05. The van der Waals surface area contributed by atoms with Crippen LogP contribution < -0.4 is 0 Å². The van der Waals surface area contributed by atoms with Gasteiger partial charge in [-0.3, -0.25) is 4.79 Å². The highest BCUT2D eigenvalue weighted by Crippen LogP contribution is 2.40. The highest BCUT2D eigenvalue weighted by molar-refractivity contribution is 8.00. The lowest BCUT2D eigenvalue weighted by atomic mass is 10.1. The summed E-state index contributed by atoms with van der Waals surface area (Å²) in [5.74, 6) is -0.0460. The first-order valence-corrected chi connectivity index (χ1v) is 8.40. The molecule has 0 spiro atoms. The SMILES string of the molecule is O=C(O)C1CN(C(=O)C2SCCc3sccc32)CCO1. The molecule has 2 unspecified atom stereocenters. The first-order chi connectivity index (χ1) is 9.66. The highest BCUT2D eigenvalue weighted by atomic mass is 32.2. The number of amides is 1. The summed E-state index contributed by atoms with van der Waals surface area (Å²) in [6, 6.07) is 2.02. The molecule has 0 bridgehead atoms. The topological polar surface area (TPSA) is 66.8 Å². The lowest BCUT2D eigenvalue weighted by molar-refractivity contribution is -0.159. The zero-order valence-electron chi connectivity index (χ0n) is 10.8. The van der Waals surface area contributed by atoms with Crippen molar-refractivity contribution in [3.8, 4) is 0 Å². The van der Waals surface area contributed by atoms with Crippen LogP contribution in [-0.2, 0) is 20.7 Å². The van der Waals surface area contributed by atoms with Gasteiger partial charge in [0.15, 0.2) is 6.10 Å². The number of fused-ring (bicyclic) bond motifs is 1. The molecule has 7 heteroatoms. The van der Waals surface area contributed by atoms with Crippen molar-refractivity contribution in [3.05, 3.63) is 21.9 Å². The second-order valence-corrected chi connectivity index (χ2v) is 7.00. The van der Waals surface area contributed by atoms with Crippen molar-refractivity contribution in [1.82, 2.24) is 4.90 Å². The van der Waals surface area contributed by atoms with E-state index in [4.69, 9.17) is 9.84 Å². The molecule has 1 amide bonds. The Labute approximate surface area is 124 Å². The summed E-state index contributed by atoms with van der Waals surface area (Å²) < 4.78 is 5.16. The van der Waals surface area contributed by atoms with E-state index in [1.165, 1.54) is 4.88 Å². The van der Waals surface area contributed by atoms with Crippen LogP contribution in [0.25, 0.3) is 0 Å². The monoisotopic (exact) mass is 313 g/mol. The zero-order chi connectivity index (χ0) is 14.1. The van der Waals surface area contributed by atoms with Gasteiger partial charge >= 0.3 is 5.97 Å². The molecule has 2 aliphatic heterocycles. The first-order valence-electron chi connectivity index (χ1n) is 6.48. The number of aliphatic carboxylic acids is 1. The third kappa shape index (κ3) is 2.57. The summed E-state index contributed by atoms with van der Waals surface area (Å²) in [5, 5.41) is 10.8. The van der Waals surface area contributed by atoms with Crippen LogP contribution in [0.4, 0.5) is 0 Å². The summed E-state index contributed by atoms with van der Waals surface area (Å²) in [6.07, 6.45) is 0.116.